The molecule has 0 unspecified atom stereocenters. The zero-order chi connectivity index (χ0) is 29.9. The van der Waals surface area contributed by atoms with Crippen LogP contribution in [0.2, 0.25) is 0 Å². The molecule has 1 aromatic carbocycles. The van der Waals surface area contributed by atoms with Crippen LogP contribution in [0.3, 0.4) is 0 Å². The summed E-state index contributed by atoms with van der Waals surface area (Å²) in [5.74, 6) is -2.23. The number of halogens is 2. The molecule has 1 saturated carbocycles. The van der Waals surface area contributed by atoms with Crippen LogP contribution < -0.4 is 15.4 Å². The maximum Gasteiger partial charge on any atom is 0.410 e. The summed E-state index contributed by atoms with van der Waals surface area (Å²) in [7, 11) is 1.35. The molecule has 2 aliphatic rings. The minimum absolute atomic E-state index is 0.0711. The first kappa shape index (κ1) is 29.7. The van der Waals surface area contributed by atoms with Crippen LogP contribution >= 0.6 is 0 Å². The number of nitriles is 1. The van der Waals surface area contributed by atoms with Crippen molar-refractivity contribution in [3.8, 4) is 22.9 Å². The van der Waals surface area contributed by atoms with Crippen LogP contribution in [0.15, 0.2) is 30.5 Å². The Labute approximate surface area is 237 Å². The molecule has 0 radical (unpaired) electrons. The second-order valence-corrected chi connectivity index (χ2v) is 11.4. The van der Waals surface area contributed by atoms with E-state index in [2.05, 4.69) is 15.6 Å². The van der Waals surface area contributed by atoms with Gasteiger partial charge in [-0.25, -0.2) is 18.6 Å². The highest BCUT2D eigenvalue weighted by atomic mass is 19.1. The molecule has 0 bridgehead atoms. The van der Waals surface area contributed by atoms with E-state index in [0.717, 1.165) is 12.3 Å². The van der Waals surface area contributed by atoms with E-state index >= 15 is 0 Å². The molecule has 41 heavy (non-hydrogen) atoms. The summed E-state index contributed by atoms with van der Waals surface area (Å²) < 4.78 is 38.7. The molecule has 4 rings (SSSR count). The Balaban J connectivity index is 1.37. The molecule has 2 heterocycles. The van der Waals surface area contributed by atoms with Crippen molar-refractivity contribution in [1.29, 1.82) is 5.26 Å². The molecule has 218 valence electrons. The Hall–Kier alpha value is -4.27. The maximum atomic E-state index is 14.6. The summed E-state index contributed by atoms with van der Waals surface area (Å²) in [5, 5.41) is 15.3. The minimum atomic E-state index is -1.37. The van der Waals surface area contributed by atoms with E-state index in [1.807, 2.05) is 6.07 Å². The van der Waals surface area contributed by atoms with Crippen molar-refractivity contribution < 1.29 is 32.6 Å². The Morgan fingerprint density at radius 2 is 1.88 bits per heavy atom. The first-order valence-corrected chi connectivity index (χ1v) is 13.3. The highest BCUT2D eigenvalue weighted by Crippen LogP contribution is 2.35. The van der Waals surface area contributed by atoms with Crippen LogP contribution in [-0.2, 0) is 14.3 Å². The van der Waals surface area contributed by atoms with Crippen molar-refractivity contribution in [3.63, 3.8) is 0 Å². The molecular weight excluding hydrogens is 536 g/mol. The topological polar surface area (TPSA) is 134 Å². The van der Waals surface area contributed by atoms with E-state index in [9.17, 15) is 28.4 Å². The monoisotopic (exact) mass is 569 g/mol. The third kappa shape index (κ3) is 6.73. The fourth-order valence-corrected chi connectivity index (χ4v) is 5.04. The number of ether oxygens (including phenoxy) is 2. The van der Waals surface area contributed by atoms with Gasteiger partial charge in [-0.05, 0) is 58.2 Å². The number of hydrogen-bond acceptors (Lipinski definition) is 7. The van der Waals surface area contributed by atoms with Gasteiger partial charge in [0.05, 0.1) is 32.5 Å². The largest absolute Gasteiger partial charge is 0.496 e. The highest BCUT2D eigenvalue weighted by molar-refractivity contribution is 5.93. The molecule has 2 atom stereocenters. The quantitative estimate of drug-likeness (QED) is 0.526. The van der Waals surface area contributed by atoms with Gasteiger partial charge >= 0.3 is 6.09 Å². The third-order valence-corrected chi connectivity index (χ3v) is 7.16. The van der Waals surface area contributed by atoms with Gasteiger partial charge in [0.2, 0.25) is 11.8 Å². The number of benzene rings is 1. The van der Waals surface area contributed by atoms with Crippen LogP contribution in [0.5, 0.6) is 5.75 Å². The van der Waals surface area contributed by atoms with E-state index in [0.29, 0.717) is 31.2 Å². The number of anilines is 1. The average molecular weight is 570 g/mol. The minimum Gasteiger partial charge on any atom is -0.496 e. The fraction of sp³-hybridized carbons (Fsp3) is 0.483. The molecule has 2 N–H and O–H groups in total. The molecule has 2 aromatic rings. The highest BCUT2D eigenvalue weighted by Gasteiger charge is 2.53. The molecule has 1 aromatic heterocycles. The van der Waals surface area contributed by atoms with Crippen LogP contribution in [0, 0.1) is 34.3 Å². The number of likely N-dealkylation sites (tertiary alicyclic amines) is 1. The van der Waals surface area contributed by atoms with Crippen LogP contribution in [0.25, 0.3) is 11.1 Å². The van der Waals surface area contributed by atoms with E-state index in [4.69, 9.17) is 9.47 Å². The lowest BCUT2D eigenvalue weighted by Crippen LogP contribution is -2.65. The summed E-state index contributed by atoms with van der Waals surface area (Å²) in [6, 6.07) is 6.76. The first-order valence-electron chi connectivity index (χ1n) is 13.3. The Morgan fingerprint density at radius 3 is 2.54 bits per heavy atom. The SMILES string of the molecule is COc1cc(F)ccc1-c1cc(NC(=O)[C@H]2CCC[C@@H](NC(=O)C3(C#N)CN(C(=O)OC(C)(C)C)C3)C2)ncc1F. The number of aromatic nitrogens is 1. The molecule has 1 saturated heterocycles. The predicted molar refractivity (Wildman–Crippen MR) is 145 cm³/mol. The number of pyridine rings is 1. The number of nitrogens with one attached hydrogen (secondary N) is 2. The van der Waals surface area contributed by atoms with Gasteiger partial charge in [-0.2, -0.15) is 5.26 Å². The lowest BCUT2D eigenvalue weighted by molar-refractivity contribution is -0.137. The standard InChI is InChI=1S/C29H33F2N5O5/c1-28(2,3)41-27(39)36-15-29(14-32,16-36)26(38)34-19-7-5-6-17(10-19)25(37)35-24-12-21(22(31)13-33-24)20-9-8-18(30)11-23(20)40-4/h8-9,11-13,17,19H,5-7,10,15-16H2,1-4H3,(H,34,38)(H,33,35,37)/t17-,19+/m0/s1. The molecule has 1 aliphatic carbocycles. The summed E-state index contributed by atoms with van der Waals surface area (Å²) in [6.07, 6.45) is 2.61. The van der Waals surface area contributed by atoms with Crippen LogP contribution in [0.4, 0.5) is 19.4 Å². The first-order chi connectivity index (χ1) is 19.3. The molecule has 12 heteroatoms. The second-order valence-electron chi connectivity index (χ2n) is 11.4. The van der Waals surface area contributed by atoms with Gasteiger partial charge in [-0.3, -0.25) is 9.59 Å². The smallest absolute Gasteiger partial charge is 0.410 e. The zero-order valence-electron chi connectivity index (χ0n) is 23.4. The lowest BCUT2D eigenvalue weighted by atomic mass is 9.79. The third-order valence-electron chi connectivity index (χ3n) is 7.16. The molecule has 2 fully saturated rings. The van der Waals surface area contributed by atoms with Gasteiger partial charge in [0, 0.05) is 29.2 Å². The van der Waals surface area contributed by atoms with Crippen molar-refractivity contribution in [1.82, 2.24) is 15.2 Å². The van der Waals surface area contributed by atoms with Crippen molar-refractivity contribution in [2.75, 3.05) is 25.5 Å². The van der Waals surface area contributed by atoms with Crippen molar-refractivity contribution in [2.24, 2.45) is 11.3 Å². The van der Waals surface area contributed by atoms with Gasteiger partial charge in [-0.15, -0.1) is 0 Å². The number of hydrogen-bond donors (Lipinski definition) is 2. The molecule has 10 nitrogen and oxygen atoms in total. The Kier molecular flexibility index (Phi) is 8.47. The number of carbonyl (C=O) groups is 3. The van der Waals surface area contributed by atoms with Crippen molar-refractivity contribution in [2.45, 2.75) is 58.1 Å². The molecular formula is C29H33F2N5O5. The lowest BCUT2D eigenvalue weighted by Gasteiger charge is -2.44. The maximum absolute atomic E-state index is 14.6. The van der Waals surface area contributed by atoms with Crippen molar-refractivity contribution >= 4 is 23.7 Å². The van der Waals surface area contributed by atoms with E-state index in [1.165, 1.54) is 30.2 Å². The second kappa shape index (κ2) is 11.7. The number of carbonyl (C=O) groups excluding carboxylic acids is 3. The van der Waals surface area contributed by atoms with Gasteiger partial charge in [0.25, 0.3) is 0 Å². The van der Waals surface area contributed by atoms with E-state index in [1.54, 1.807) is 20.8 Å². The summed E-state index contributed by atoms with van der Waals surface area (Å²) in [4.78, 5) is 43.7. The van der Waals surface area contributed by atoms with Crippen LogP contribution in [-0.4, -0.2) is 59.6 Å². The van der Waals surface area contributed by atoms with Gasteiger partial charge in [0.15, 0.2) is 5.41 Å². The number of amides is 3. The van der Waals surface area contributed by atoms with E-state index < -0.39 is 40.6 Å². The summed E-state index contributed by atoms with van der Waals surface area (Å²) in [5.41, 5.74) is -1.68. The summed E-state index contributed by atoms with van der Waals surface area (Å²) in [6.45, 7) is 5.06. The predicted octanol–water partition coefficient (Wildman–Crippen LogP) is 4.41. The fourth-order valence-electron chi connectivity index (χ4n) is 5.04. The average Bonchev–Trinajstić information content (AvgIpc) is 2.88. The molecule has 1 aliphatic heterocycles. The van der Waals surface area contributed by atoms with Crippen LogP contribution in [0.1, 0.15) is 46.5 Å². The number of nitrogens with zero attached hydrogens (tertiary/aromatic N) is 3. The van der Waals surface area contributed by atoms with Gasteiger partial charge in [0.1, 0.15) is 28.8 Å². The normalized spacial score (nSPS) is 19.8. The Morgan fingerprint density at radius 1 is 1.15 bits per heavy atom. The van der Waals surface area contributed by atoms with Gasteiger partial charge in [-0.1, -0.05) is 6.42 Å². The van der Waals surface area contributed by atoms with Gasteiger partial charge < -0.3 is 25.0 Å². The van der Waals surface area contributed by atoms with Crippen molar-refractivity contribution in [3.05, 3.63) is 42.1 Å². The van der Waals surface area contributed by atoms with E-state index in [-0.39, 0.29) is 42.2 Å². The molecule has 0 spiro atoms. The number of rotatable bonds is 6. The molecule has 3 amide bonds. The summed E-state index contributed by atoms with van der Waals surface area (Å²) >= 11 is 0. The zero-order valence-corrected chi connectivity index (χ0v) is 23.4. The number of methoxy groups -OCH3 is 1. The Bertz CT molecular complexity index is 1380.